The number of amides is 1. The van der Waals surface area contributed by atoms with Crippen LogP contribution in [0.4, 0.5) is 5.82 Å². The molecule has 2 atom stereocenters. The molecular formula is C22H15ClN2O5. The summed E-state index contributed by atoms with van der Waals surface area (Å²) in [6, 6.07) is 15.6. The van der Waals surface area contributed by atoms with Crippen molar-refractivity contribution < 1.29 is 18.5 Å². The van der Waals surface area contributed by atoms with Crippen LogP contribution in [0.15, 0.2) is 68.3 Å². The van der Waals surface area contributed by atoms with E-state index in [1.807, 2.05) is 6.07 Å². The number of hydrogen-bond donors (Lipinski definition) is 1. The van der Waals surface area contributed by atoms with E-state index in [-0.39, 0.29) is 5.82 Å². The lowest BCUT2D eigenvalue weighted by Crippen LogP contribution is -2.35. The molecule has 0 saturated heterocycles. The van der Waals surface area contributed by atoms with Gasteiger partial charge in [0.1, 0.15) is 17.1 Å². The minimum absolute atomic E-state index is 0.267. The first kappa shape index (κ1) is 18.4. The molecule has 2 aromatic heterocycles. The van der Waals surface area contributed by atoms with Gasteiger partial charge in [-0.1, -0.05) is 41.0 Å². The monoisotopic (exact) mass is 422 g/mol. The van der Waals surface area contributed by atoms with Crippen LogP contribution in [0.2, 0.25) is 5.02 Å². The lowest BCUT2D eigenvalue weighted by molar-refractivity contribution is -0.122. The number of benzene rings is 2. The Bertz CT molecular complexity index is 1330. The Morgan fingerprint density at radius 2 is 1.90 bits per heavy atom. The zero-order valence-corrected chi connectivity index (χ0v) is 16.5. The summed E-state index contributed by atoms with van der Waals surface area (Å²) in [6.07, 6.45) is -1.01. The first-order chi connectivity index (χ1) is 14.5. The van der Waals surface area contributed by atoms with Crippen LogP contribution in [0, 0.1) is 6.92 Å². The van der Waals surface area contributed by atoms with Gasteiger partial charge in [-0.2, -0.15) is 0 Å². The highest BCUT2D eigenvalue weighted by Gasteiger charge is 2.44. The second-order valence-electron chi connectivity index (χ2n) is 7.01. The molecule has 4 aromatic rings. The third kappa shape index (κ3) is 3.04. The summed E-state index contributed by atoms with van der Waals surface area (Å²) in [7, 11) is 0. The van der Waals surface area contributed by atoms with E-state index in [2.05, 4.69) is 10.5 Å². The molecule has 1 N–H and O–H groups in total. The number of hydrogen-bond acceptors (Lipinski definition) is 6. The average molecular weight is 423 g/mol. The van der Waals surface area contributed by atoms with Crippen molar-refractivity contribution in [3.8, 4) is 5.75 Å². The van der Waals surface area contributed by atoms with Crippen LogP contribution >= 0.6 is 11.6 Å². The molecule has 2 aromatic carbocycles. The van der Waals surface area contributed by atoms with Crippen molar-refractivity contribution in [3.05, 3.63) is 86.9 Å². The molecule has 30 heavy (non-hydrogen) atoms. The van der Waals surface area contributed by atoms with Crippen molar-refractivity contribution in [3.63, 3.8) is 0 Å². The van der Waals surface area contributed by atoms with E-state index in [0.29, 0.717) is 38.6 Å². The number of anilines is 1. The van der Waals surface area contributed by atoms with E-state index >= 15 is 0 Å². The molecule has 2 unspecified atom stereocenters. The lowest BCUT2D eigenvalue weighted by Gasteiger charge is -2.18. The van der Waals surface area contributed by atoms with Gasteiger partial charge in [-0.3, -0.25) is 4.79 Å². The minimum Gasteiger partial charge on any atom is -0.478 e. The molecule has 0 saturated carbocycles. The van der Waals surface area contributed by atoms with Crippen LogP contribution in [0.3, 0.4) is 0 Å². The molecule has 8 heteroatoms. The summed E-state index contributed by atoms with van der Waals surface area (Å²) in [6.45, 7) is 1.72. The van der Waals surface area contributed by atoms with Gasteiger partial charge in [0.25, 0.3) is 5.91 Å². The number of para-hydroxylation sites is 1. The van der Waals surface area contributed by atoms with Crippen LogP contribution in [-0.2, 0) is 4.79 Å². The molecular weight excluding hydrogens is 408 g/mol. The number of halogens is 1. The Labute approximate surface area is 175 Å². The Morgan fingerprint density at radius 3 is 2.63 bits per heavy atom. The summed E-state index contributed by atoms with van der Waals surface area (Å²) in [5.74, 6) is 0.0398. The SMILES string of the molecule is Cc1cc(NC(=O)C2Oc3c(c(=O)oc4ccccc34)C2c2ccc(Cl)cc2)no1. The molecule has 3 heterocycles. The standard InChI is InChI=1S/C22H15ClN2O5/c1-11-10-16(25-30-11)24-21(26)20-17(12-6-8-13(23)9-7-12)18-19(29-20)14-4-2-3-5-15(14)28-22(18)27/h2-10,17,20H,1H3,(H,24,25,26). The van der Waals surface area contributed by atoms with E-state index < -0.39 is 23.6 Å². The van der Waals surface area contributed by atoms with Gasteiger partial charge in [0, 0.05) is 11.1 Å². The predicted molar refractivity (Wildman–Crippen MR) is 110 cm³/mol. The summed E-state index contributed by atoms with van der Waals surface area (Å²) in [5.41, 5.74) is 0.852. The topological polar surface area (TPSA) is 94.6 Å². The summed E-state index contributed by atoms with van der Waals surface area (Å²) in [5, 5.41) is 7.65. The van der Waals surface area contributed by atoms with Gasteiger partial charge in [-0.15, -0.1) is 0 Å². The van der Waals surface area contributed by atoms with E-state index in [9.17, 15) is 9.59 Å². The molecule has 150 valence electrons. The van der Waals surface area contributed by atoms with Gasteiger partial charge in [0.15, 0.2) is 11.9 Å². The van der Waals surface area contributed by atoms with E-state index in [1.54, 1.807) is 55.5 Å². The number of fused-ring (bicyclic) bond motifs is 3. The Kier molecular flexibility index (Phi) is 4.33. The van der Waals surface area contributed by atoms with Crippen molar-refractivity contribution in [1.82, 2.24) is 5.16 Å². The number of carbonyl (C=O) groups is 1. The number of nitrogens with one attached hydrogen (secondary N) is 1. The van der Waals surface area contributed by atoms with Crippen LogP contribution in [-0.4, -0.2) is 17.2 Å². The van der Waals surface area contributed by atoms with Crippen LogP contribution < -0.4 is 15.7 Å². The first-order valence-electron chi connectivity index (χ1n) is 9.23. The zero-order valence-electron chi connectivity index (χ0n) is 15.7. The van der Waals surface area contributed by atoms with E-state index in [4.69, 9.17) is 25.3 Å². The molecule has 1 aliphatic rings. The van der Waals surface area contributed by atoms with Crippen molar-refractivity contribution in [2.24, 2.45) is 0 Å². The molecule has 0 radical (unpaired) electrons. The maximum atomic E-state index is 13.1. The van der Waals surface area contributed by atoms with Gasteiger partial charge in [-0.05, 0) is 36.8 Å². The van der Waals surface area contributed by atoms with Gasteiger partial charge in [-0.25, -0.2) is 4.79 Å². The number of ether oxygens (including phenoxy) is 1. The highest BCUT2D eigenvalue weighted by atomic mass is 35.5. The average Bonchev–Trinajstić information content (AvgIpc) is 3.33. The molecule has 0 bridgehead atoms. The van der Waals surface area contributed by atoms with Crippen molar-refractivity contribution in [1.29, 1.82) is 0 Å². The zero-order chi connectivity index (χ0) is 20.8. The quantitative estimate of drug-likeness (QED) is 0.495. The van der Waals surface area contributed by atoms with Gasteiger partial charge in [0.05, 0.1) is 16.9 Å². The maximum Gasteiger partial charge on any atom is 0.344 e. The molecule has 1 amide bonds. The Balaban J connectivity index is 1.64. The highest BCUT2D eigenvalue weighted by molar-refractivity contribution is 6.30. The molecule has 0 fully saturated rings. The van der Waals surface area contributed by atoms with Gasteiger partial charge in [0.2, 0.25) is 0 Å². The normalized spacial score (nSPS) is 17.5. The molecule has 7 nitrogen and oxygen atoms in total. The maximum absolute atomic E-state index is 13.1. The minimum atomic E-state index is -1.01. The fourth-order valence-corrected chi connectivity index (χ4v) is 3.84. The van der Waals surface area contributed by atoms with Crippen molar-refractivity contribution in [2.75, 3.05) is 5.32 Å². The van der Waals surface area contributed by atoms with Crippen LogP contribution in [0.25, 0.3) is 11.0 Å². The third-order valence-electron chi connectivity index (χ3n) is 5.02. The fraction of sp³-hybridized carbons (Fsp3) is 0.136. The Morgan fingerprint density at radius 1 is 1.13 bits per heavy atom. The van der Waals surface area contributed by atoms with Crippen molar-refractivity contribution >= 4 is 34.3 Å². The molecule has 0 spiro atoms. The van der Waals surface area contributed by atoms with Gasteiger partial charge >= 0.3 is 5.63 Å². The van der Waals surface area contributed by atoms with E-state index in [1.165, 1.54) is 0 Å². The summed E-state index contributed by atoms with van der Waals surface area (Å²) >= 11 is 6.03. The smallest absolute Gasteiger partial charge is 0.344 e. The largest absolute Gasteiger partial charge is 0.478 e. The van der Waals surface area contributed by atoms with Crippen LogP contribution in [0.5, 0.6) is 5.75 Å². The number of aryl methyl sites for hydroxylation is 1. The molecule has 0 aliphatic carbocycles. The second-order valence-corrected chi connectivity index (χ2v) is 7.44. The summed E-state index contributed by atoms with van der Waals surface area (Å²) < 4.78 is 16.6. The third-order valence-corrected chi connectivity index (χ3v) is 5.28. The van der Waals surface area contributed by atoms with Gasteiger partial charge < -0.3 is 19.0 Å². The van der Waals surface area contributed by atoms with Crippen molar-refractivity contribution in [2.45, 2.75) is 18.9 Å². The number of carbonyl (C=O) groups excluding carboxylic acids is 1. The fourth-order valence-electron chi connectivity index (χ4n) is 3.72. The number of aromatic nitrogens is 1. The number of rotatable bonds is 3. The van der Waals surface area contributed by atoms with E-state index in [0.717, 1.165) is 0 Å². The van der Waals surface area contributed by atoms with Crippen LogP contribution in [0.1, 0.15) is 22.8 Å². The molecule has 1 aliphatic heterocycles. The number of nitrogens with zero attached hydrogens (tertiary/aromatic N) is 1. The Hall–Kier alpha value is -3.58. The predicted octanol–water partition coefficient (Wildman–Crippen LogP) is 4.27. The lowest BCUT2D eigenvalue weighted by atomic mass is 9.88. The molecule has 5 rings (SSSR count). The summed E-state index contributed by atoms with van der Waals surface area (Å²) in [4.78, 5) is 26.0. The second kappa shape index (κ2) is 7.03. The first-order valence-corrected chi connectivity index (χ1v) is 9.61. The highest BCUT2D eigenvalue weighted by Crippen LogP contribution is 2.44.